The standard InChI is InChI=1S/C37H34F3N7O3/c38-37(39,40)50-29-19-16-27-20-33(31-9-5-4-8-30(31)32(27)21-29)41-36(49)47(28-17-14-25(15-18-28)24-6-2-1-3-7-24)22-23-10-12-26(13-11-23)34(48)42-35-43-45-46-44-35/h4-5,8-19,21,24,33H,1-3,6-7,20,22H2,(H,41,49)(H2,42,43,44,45,46,48). The molecule has 4 aromatic carbocycles. The van der Waals surface area contributed by atoms with Gasteiger partial charge < -0.3 is 10.1 Å². The largest absolute Gasteiger partial charge is 0.573 e. The van der Waals surface area contributed by atoms with Crippen molar-refractivity contribution in [1.29, 1.82) is 0 Å². The van der Waals surface area contributed by atoms with Crippen molar-refractivity contribution in [3.63, 3.8) is 0 Å². The van der Waals surface area contributed by atoms with E-state index in [0.29, 0.717) is 29.2 Å². The monoisotopic (exact) mass is 681 g/mol. The molecular weight excluding hydrogens is 647 g/mol. The van der Waals surface area contributed by atoms with Crippen LogP contribution in [0.1, 0.15) is 76.7 Å². The average molecular weight is 682 g/mol. The Kier molecular flexibility index (Phi) is 9.20. The van der Waals surface area contributed by atoms with E-state index in [9.17, 15) is 22.8 Å². The van der Waals surface area contributed by atoms with Gasteiger partial charge in [-0.05, 0) is 100 Å². The third-order valence-corrected chi connectivity index (χ3v) is 9.32. The van der Waals surface area contributed by atoms with E-state index in [1.807, 2.05) is 36.4 Å². The molecule has 1 heterocycles. The molecular formula is C37H34F3N7O3. The lowest BCUT2D eigenvalue weighted by molar-refractivity contribution is -0.274. The van der Waals surface area contributed by atoms with Crippen LogP contribution in [0, 0.1) is 0 Å². The Morgan fingerprint density at radius 1 is 0.900 bits per heavy atom. The molecule has 7 rings (SSSR count). The summed E-state index contributed by atoms with van der Waals surface area (Å²) >= 11 is 0. The molecule has 1 saturated carbocycles. The number of H-pyrrole nitrogens is 1. The summed E-state index contributed by atoms with van der Waals surface area (Å²) in [4.78, 5) is 28.6. The number of nitrogens with zero attached hydrogens (tertiary/aromatic N) is 4. The predicted octanol–water partition coefficient (Wildman–Crippen LogP) is 8.08. The van der Waals surface area contributed by atoms with Crippen molar-refractivity contribution >= 4 is 23.6 Å². The lowest BCUT2D eigenvalue weighted by Crippen LogP contribution is -2.42. The number of ether oxygens (including phenoxy) is 1. The smallest absolute Gasteiger partial charge is 0.406 e. The summed E-state index contributed by atoms with van der Waals surface area (Å²) in [6.07, 6.45) is 1.57. The summed E-state index contributed by atoms with van der Waals surface area (Å²) < 4.78 is 43.2. The number of carbonyl (C=O) groups excluding carboxylic acids is 2. The maximum absolute atomic E-state index is 14.3. The van der Waals surface area contributed by atoms with Crippen LogP contribution in [-0.4, -0.2) is 38.9 Å². The zero-order valence-corrected chi connectivity index (χ0v) is 26.9. The molecule has 1 aromatic heterocycles. The molecule has 10 nitrogen and oxygen atoms in total. The summed E-state index contributed by atoms with van der Waals surface area (Å²) in [6, 6.07) is 26.0. The summed E-state index contributed by atoms with van der Waals surface area (Å²) in [7, 11) is 0. The highest BCUT2D eigenvalue weighted by molar-refractivity contribution is 6.03. The minimum atomic E-state index is -4.81. The van der Waals surface area contributed by atoms with Crippen molar-refractivity contribution in [3.05, 3.63) is 119 Å². The van der Waals surface area contributed by atoms with Crippen LogP contribution < -0.4 is 20.3 Å². The predicted molar refractivity (Wildman–Crippen MR) is 181 cm³/mol. The Labute approximate surface area is 286 Å². The Hall–Kier alpha value is -5.72. The Balaban J connectivity index is 1.14. The molecule has 5 aromatic rings. The molecule has 1 atom stereocenters. The van der Waals surface area contributed by atoms with Crippen LogP contribution in [-0.2, 0) is 13.0 Å². The summed E-state index contributed by atoms with van der Waals surface area (Å²) in [6.45, 7) is 0.213. The van der Waals surface area contributed by atoms with Crippen molar-refractivity contribution in [2.24, 2.45) is 0 Å². The van der Waals surface area contributed by atoms with Crippen LogP contribution in [0.3, 0.4) is 0 Å². The third-order valence-electron chi connectivity index (χ3n) is 9.32. The van der Waals surface area contributed by atoms with Crippen molar-refractivity contribution in [2.75, 3.05) is 10.2 Å². The zero-order chi connectivity index (χ0) is 34.7. The zero-order valence-electron chi connectivity index (χ0n) is 26.9. The lowest BCUT2D eigenvalue weighted by atomic mass is 9.82. The first-order chi connectivity index (χ1) is 24.2. The van der Waals surface area contributed by atoms with E-state index < -0.39 is 18.3 Å². The number of tetrazole rings is 1. The molecule has 50 heavy (non-hydrogen) atoms. The normalized spacial score (nSPS) is 15.8. The molecule has 0 bridgehead atoms. The number of nitrogens with one attached hydrogen (secondary N) is 3. The van der Waals surface area contributed by atoms with Gasteiger partial charge in [0.2, 0.25) is 0 Å². The topological polar surface area (TPSA) is 125 Å². The van der Waals surface area contributed by atoms with Crippen LogP contribution in [0.2, 0.25) is 0 Å². The van der Waals surface area contributed by atoms with Crippen molar-refractivity contribution in [1.82, 2.24) is 25.9 Å². The number of anilines is 2. The second-order valence-corrected chi connectivity index (χ2v) is 12.6. The molecule has 256 valence electrons. The van der Waals surface area contributed by atoms with E-state index >= 15 is 0 Å². The average Bonchev–Trinajstić information content (AvgIpc) is 3.64. The Bertz CT molecular complexity index is 1960. The molecule has 0 radical (unpaired) electrons. The van der Waals surface area contributed by atoms with Gasteiger partial charge in [-0.25, -0.2) is 4.79 Å². The SMILES string of the molecule is O=C(Nc1nn[nH]n1)c1ccc(CN(C(=O)NC2Cc3ccc(OC(F)(F)F)cc3-c3ccccc32)c2ccc(C3CCCCC3)cc2)cc1. The number of halogens is 3. The van der Waals surface area contributed by atoms with Gasteiger partial charge in [0.05, 0.1) is 12.6 Å². The van der Waals surface area contributed by atoms with Crippen LogP contribution in [0.4, 0.5) is 29.6 Å². The van der Waals surface area contributed by atoms with E-state index in [2.05, 4.69) is 48.1 Å². The maximum Gasteiger partial charge on any atom is 0.573 e. The maximum atomic E-state index is 14.3. The van der Waals surface area contributed by atoms with Gasteiger partial charge in [-0.1, -0.05) is 79.0 Å². The highest BCUT2D eigenvalue weighted by atomic mass is 19.4. The summed E-state index contributed by atoms with van der Waals surface area (Å²) in [5.41, 5.74) is 6.09. The molecule has 3 amide bonds. The van der Waals surface area contributed by atoms with Gasteiger partial charge in [-0.15, -0.1) is 18.3 Å². The number of alkyl halides is 3. The fourth-order valence-electron chi connectivity index (χ4n) is 6.89. The van der Waals surface area contributed by atoms with E-state index in [1.165, 1.54) is 37.0 Å². The van der Waals surface area contributed by atoms with Crippen molar-refractivity contribution in [3.8, 4) is 16.9 Å². The lowest BCUT2D eigenvalue weighted by Gasteiger charge is -2.32. The first kappa shape index (κ1) is 32.8. The molecule has 2 aliphatic rings. The fourth-order valence-corrected chi connectivity index (χ4v) is 6.89. The summed E-state index contributed by atoms with van der Waals surface area (Å²) in [5, 5.41) is 19.0. The van der Waals surface area contributed by atoms with Crippen LogP contribution >= 0.6 is 0 Å². The van der Waals surface area contributed by atoms with E-state index in [0.717, 1.165) is 35.1 Å². The number of fused-ring (bicyclic) bond motifs is 3. The number of rotatable bonds is 8. The highest BCUT2D eigenvalue weighted by Crippen LogP contribution is 2.41. The van der Waals surface area contributed by atoms with Gasteiger partial charge in [0.15, 0.2) is 0 Å². The molecule has 0 aliphatic heterocycles. The number of carbonyl (C=O) groups is 2. The van der Waals surface area contributed by atoms with Crippen molar-refractivity contribution in [2.45, 2.75) is 63.4 Å². The Morgan fingerprint density at radius 3 is 2.38 bits per heavy atom. The number of urea groups is 1. The molecule has 0 spiro atoms. The first-order valence-corrected chi connectivity index (χ1v) is 16.5. The highest BCUT2D eigenvalue weighted by Gasteiger charge is 2.33. The minimum Gasteiger partial charge on any atom is -0.406 e. The third kappa shape index (κ3) is 7.46. The van der Waals surface area contributed by atoms with Crippen LogP contribution in [0.25, 0.3) is 11.1 Å². The van der Waals surface area contributed by atoms with Crippen LogP contribution in [0.5, 0.6) is 5.75 Å². The Morgan fingerprint density at radius 2 is 1.66 bits per heavy atom. The van der Waals surface area contributed by atoms with E-state index in [-0.39, 0.29) is 24.3 Å². The molecule has 2 aliphatic carbocycles. The van der Waals surface area contributed by atoms with E-state index in [1.54, 1.807) is 35.2 Å². The number of aromatic amines is 1. The summed E-state index contributed by atoms with van der Waals surface area (Å²) in [5.74, 6) is -0.137. The molecule has 1 fully saturated rings. The molecule has 3 N–H and O–H groups in total. The van der Waals surface area contributed by atoms with Gasteiger partial charge >= 0.3 is 12.4 Å². The van der Waals surface area contributed by atoms with Gasteiger partial charge in [-0.2, -0.15) is 5.21 Å². The van der Waals surface area contributed by atoms with Crippen LogP contribution in [0.15, 0.2) is 91.0 Å². The van der Waals surface area contributed by atoms with E-state index in [4.69, 9.17) is 0 Å². The second-order valence-electron chi connectivity index (χ2n) is 12.6. The van der Waals surface area contributed by atoms with Gasteiger partial charge in [0.25, 0.3) is 11.9 Å². The van der Waals surface area contributed by atoms with Crippen molar-refractivity contribution < 1.29 is 27.5 Å². The number of aromatic nitrogens is 4. The quantitative estimate of drug-likeness (QED) is 0.152. The molecule has 0 saturated heterocycles. The van der Waals surface area contributed by atoms with Gasteiger partial charge in [-0.3, -0.25) is 15.0 Å². The number of hydrogen-bond acceptors (Lipinski definition) is 6. The van der Waals surface area contributed by atoms with Gasteiger partial charge in [0.1, 0.15) is 5.75 Å². The first-order valence-electron chi connectivity index (χ1n) is 16.5. The number of hydrogen-bond donors (Lipinski definition) is 3. The molecule has 13 heteroatoms. The molecule has 1 unspecified atom stereocenters. The minimum absolute atomic E-state index is 0.0561. The fraction of sp³-hybridized carbons (Fsp3) is 0.270. The van der Waals surface area contributed by atoms with Gasteiger partial charge in [0, 0.05) is 11.3 Å². The second kappa shape index (κ2) is 14.0. The number of amides is 3. The number of benzene rings is 4.